The molecule has 0 spiro atoms. The number of benzene rings is 2. The Morgan fingerprint density at radius 2 is 1.75 bits per heavy atom. The van der Waals surface area contributed by atoms with E-state index < -0.39 is 5.97 Å². The van der Waals surface area contributed by atoms with E-state index in [0.717, 1.165) is 16.7 Å². The highest BCUT2D eigenvalue weighted by molar-refractivity contribution is 5.99. The van der Waals surface area contributed by atoms with Gasteiger partial charge in [-0.25, -0.2) is 4.79 Å². The number of rotatable bonds is 4. The maximum Gasteiger partial charge on any atom is 0.358 e. The summed E-state index contributed by atoms with van der Waals surface area (Å²) in [6.45, 7) is 3.97. The van der Waals surface area contributed by atoms with Crippen LogP contribution in [0.15, 0.2) is 54.6 Å². The summed E-state index contributed by atoms with van der Waals surface area (Å²) in [7, 11) is 0. The number of aromatic hydroxyl groups is 1. The molecule has 1 heterocycles. The third kappa shape index (κ3) is 2.78. The minimum absolute atomic E-state index is 0.0777. The van der Waals surface area contributed by atoms with E-state index in [9.17, 15) is 9.90 Å². The molecule has 0 aliphatic carbocycles. The monoisotopic (exact) mass is 321 g/mol. The fourth-order valence-electron chi connectivity index (χ4n) is 2.78. The second-order valence-corrected chi connectivity index (χ2v) is 5.50. The van der Waals surface area contributed by atoms with E-state index in [-0.39, 0.29) is 18.1 Å². The summed E-state index contributed by atoms with van der Waals surface area (Å²) in [6.07, 6.45) is 0. The molecule has 4 heteroatoms. The SMILES string of the molecule is CCOC(=O)c1[nH]c(-c2ccccc2C)c(-c2ccccc2)c1O. The van der Waals surface area contributed by atoms with Gasteiger partial charge in [-0.3, -0.25) is 0 Å². The molecule has 2 aromatic carbocycles. The average molecular weight is 321 g/mol. The molecule has 24 heavy (non-hydrogen) atoms. The normalized spacial score (nSPS) is 10.6. The summed E-state index contributed by atoms with van der Waals surface area (Å²) in [5.74, 6) is -0.648. The Hall–Kier alpha value is -3.01. The standard InChI is InChI=1S/C20H19NO3/c1-3-24-20(23)18-19(22)16(14-10-5-4-6-11-14)17(21-18)15-12-8-7-9-13(15)2/h4-12,21-22H,3H2,1-2H3. The maximum absolute atomic E-state index is 12.2. The lowest BCUT2D eigenvalue weighted by atomic mass is 9.98. The Kier molecular flexibility index (Phi) is 4.38. The Morgan fingerprint density at radius 3 is 2.42 bits per heavy atom. The molecule has 0 fully saturated rings. The van der Waals surface area contributed by atoms with Crippen molar-refractivity contribution in [1.29, 1.82) is 0 Å². The fraction of sp³-hybridized carbons (Fsp3) is 0.150. The van der Waals surface area contributed by atoms with E-state index in [1.54, 1.807) is 6.92 Å². The summed E-state index contributed by atoms with van der Waals surface area (Å²) in [5, 5.41) is 10.7. The van der Waals surface area contributed by atoms with Crippen LogP contribution in [0.1, 0.15) is 23.0 Å². The van der Waals surface area contributed by atoms with Gasteiger partial charge < -0.3 is 14.8 Å². The predicted molar refractivity (Wildman–Crippen MR) is 94.0 cm³/mol. The van der Waals surface area contributed by atoms with Crippen molar-refractivity contribution in [1.82, 2.24) is 4.98 Å². The number of nitrogens with one attached hydrogen (secondary N) is 1. The zero-order valence-electron chi connectivity index (χ0n) is 13.7. The van der Waals surface area contributed by atoms with E-state index in [2.05, 4.69) is 4.98 Å². The van der Waals surface area contributed by atoms with E-state index in [1.807, 2.05) is 61.5 Å². The smallest absolute Gasteiger partial charge is 0.358 e. The molecule has 0 radical (unpaired) electrons. The second-order valence-electron chi connectivity index (χ2n) is 5.50. The first-order chi connectivity index (χ1) is 11.6. The minimum atomic E-state index is -0.563. The fourth-order valence-corrected chi connectivity index (χ4v) is 2.78. The molecule has 0 saturated carbocycles. The zero-order valence-corrected chi connectivity index (χ0v) is 13.7. The second kappa shape index (κ2) is 6.62. The molecule has 0 unspecified atom stereocenters. The van der Waals surface area contributed by atoms with Gasteiger partial charge in [-0.05, 0) is 25.0 Å². The molecule has 0 atom stereocenters. The van der Waals surface area contributed by atoms with Crippen LogP contribution in [0.4, 0.5) is 0 Å². The van der Waals surface area contributed by atoms with Gasteiger partial charge in [-0.15, -0.1) is 0 Å². The molecule has 3 aromatic rings. The summed E-state index contributed by atoms with van der Waals surface area (Å²) in [4.78, 5) is 15.2. The van der Waals surface area contributed by atoms with Gasteiger partial charge in [0, 0.05) is 5.56 Å². The summed E-state index contributed by atoms with van der Waals surface area (Å²) in [6, 6.07) is 17.3. The van der Waals surface area contributed by atoms with Gasteiger partial charge >= 0.3 is 5.97 Å². The molecule has 3 rings (SSSR count). The van der Waals surface area contributed by atoms with Crippen LogP contribution < -0.4 is 0 Å². The highest BCUT2D eigenvalue weighted by atomic mass is 16.5. The molecule has 0 saturated heterocycles. The van der Waals surface area contributed by atoms with Crippen molar-refractivity contribution in [2.24, 2.45) is 0 Å². The Labute approximate surface area is 140 Å². The molecule has 122 valence electrons. The number of ether oxygens (including phenoxy) is 1. The number of aromatic amines is 1. The third-order valence-corrected chi connectivity index (χ3v) is 3.93. The van der Waals surface area contributed by atoms with E-state index >= 15 is 0 Å². The lowest BCUT2D eigenvalue weighted by molar-refractivity contribution is 0.0517. The molecule has 0 bridgehead atoms. The molecule has 1 aromatic heterocycles. The van der Waals surface area contributed by atoms with Crippen LogP contribution in [0.5, 0.6) is 5.75 Å². The third-order valence-electron chi connectivity index (χ3n) is 3.93. The molecular weight excluding hydrogens is 302 g/mol. The van der Waals surface area contributed by atoms with Crippen molar-refractivity contribution in [3.05, 3.63) is 65.9 Å². The van der Waals surface area contributed by atoms with Gasteiger partial charge in [0.1, 0.15) is 0 Å². The van der Waals surface area contributed by atoms with Crippen LogP contribution in [0.3, 0.4) is 0 Å². The molecule has 0 aliphatic heterocycles. The van der Waals surface area contributed by atoms with Crippen LogP contribution in [-0.2, 0) is 4.74 Å². The summed E-state index contributed by atoms with van der Waals surface area (Å²) in [5.41, 5.74) is 4.20. The van der Waals surface area contributed by atoms with Gasteiger partial charge in [-0.1, -0.05) is 54.6 Å². The van der Waals surface area contributed by atoms with Gasteiger partial charge in [0.25, 0.3) is 0 Å². The zero-order chi connectivity index (χ0) is 17.1. The van der Waals surface area contributed by atoms with Crippen molar-refractivity contribution in [2.75, 3.05) is 6.61 Å². The lowest BCUT2D eigenvalue weighted by Gasteiger charge is -2.08. The Bertz CT molecular complexity index is 866. The Balaban J connectivity index is 2.26. The number of hydrogen-bond donors (Lipinski definition) is 2. The summed E-state index contributed by atoms with van der Waals surface area (Å²) < 4.78 is 5.05. The highest BCUT2D eigenvalue weighted by Gasteiger charge is 2.25. The molecule has 0 amide bonds. The maximum atomic E-state index is 12.2. The number of esters is 1. The van der Waals surface area contributed by atoms with E-state index in [1.165, 1.54) is 0 Å². The molecular formula is C20H19NO3. The van der Waals surface area contributed by atoms with Gasteiger partial charge in [0.05, 0.1) is 17.9 Å². The predicted octanol–water partition coefficient (Wildman–Crippen LogP) is 4.54. The van der Waals surface area contributed by atoms with Gasteiger partial charge in [0.2, 0.25) is 0 Å². The number of aromatic nitrogens is 1. The highest BCUT2D eigenvalue weighted by Crippen LogP contribution is 2.42. The van der Waals surface area contributed by atoms with E-state index in [4.69, 9.17) is 4.74 Å². The quantitative estimate of drug-likeness (QED) is 0.694. The molecule has 2 N–H and O–H groups in total. The first-order valence-electron chi connectivity index (χ1n) is 7.87. The van der Waals surface area contributed by atoms with Crippen LogP contribution >= 0.6 is 0 Å². The van der Waals surface area contributed by atoms with Gasteiger partial charge in [0.15, 0.2) is 11.4 Å². The van der Waals surface area contributed by atoms with Crippen molar-refractivity contribution in [3.63, 3.8) is 0 Å². The van der Waals surface area contributed by atoms with E-state index in [0.29, 0.717) is 11.3 Å². The number of carbonyl (C=O) groups excluding carboxylic acids is 1. The average Bonchev–Trinajstić information content (AvgIpc) is 2.93. The number of hydrogen-bond acceptors (Lipinski definition) is 3. The first-order valence-corrected chi connectivity index (χ1v) is 7.87. The van der Waals surface area contributed by atoms with Crippen LogP contribution in [0, 0.1) is 6.92 Å². The molecule has 0 aliphatic rings. The first kappa shape index (κ1) is 15.9. The minimum Gasteiger partial charge on any atom is -0.505 e. The topological polar surface area (TPSA) is 62.3 Å². The van der Waals surface area contributed by atoms with Crippen molar-refractivity contribution in [2.45, 2.75) is 13.8 Å². The van der Waals surface area contributed by atoms with Crippen molar-refractivity contribution < 1.29 is 14.6 Å². The lowest BCUT2D eigenvalue weighted by Crippen LogP contribution is -2.05. The number of aryl methyl sites for hydroxylation is 1. The number of H-pyrrole nitrogens is 1. The molecule has 4 nitrogen and oxygen atoms in total. The van der Waals surface area contributed by atoms with Crippen molar-refractivity contribution in [3.8, 4) is 28.1 Å². The van der Waals surface area contributed by atoms with Gasteiger partial charge in [-0.2, -0.15) is 0 Å². The largest absolute Gasteiger partial charge is 0.505 e. The summed E-state index contributed by atoms with van der Waals surface area (Å²) >= 11 is 0. The van der Waals surface area contributed by atoms with Crippen LogP contribution in [-0.4, -0.2) is 22.7 Å². The van der Waals surface area contributed by atoms with Crippen LogP contribution in [0.2, 0.25) is 0 Å². The van der Waals surface area contributed by atoms with Crippen molar-refractivity contribution >= 4 is 5.97 Å². The Morgan fingerprint density at radius 1 is 1.08 bits per heavy atom. The van der Waals surface area contributed by atoms with Crippen LogP contribution in [0.25, 0.3) is 22.4 Å². The number of carbonyl (C=O) groups is 1.